The molecule has 86 valence electrons. The van der Waals surface area contributed by atoms with Crippen molar-refractivity contribution in [2.75, 3.05) is 6.54 Å². The Morgan fingerprint density at radius 2 is 2.00 bits per heavy atom. The van der Waals surface area contributed by atoms with Crippen molar-refractivity contribution < 1.29 is 4.39 Å². The lowest BCUT2D eigenvalue weighted by Crippen LogP contribution is -2.44. The van der Waals surface area contributed by atoms with Crippen molar-refractivity contribution in [3.8, 4) is 0 Å². The molecule has 1 aromatic rings. The van der Waals surface area contributed by atoms with Crippen LogP contribution in [0, 0.1) is 11.7 Å². The molecule has 2 fully saturated rings. The second-order valence-corrected chi connectivity index (χ2v) is 5.26. The molecule has 1 aliphatic heterocycles. The molecule has 0 aromatic heterocycles. The molecule has 1 N–H and O–H groups in total. The van der Waals surface area contributed by atoms with Crippen LogP contribution >= 0.6 is 0 Å². The molecule has 1 atom stereocenters. The smallest absolute Gasteiger partial charge is 0.123 e. The van der Waals surface area contributed by atoms with Gasteiger partial charge in [-0.05, 0) is 62.3 Å². The normalized spacial score (nSPS) is 29.6. The fourth-order valence-corrected chi connectivity index (χ4v) is 3.08. The molecular formula is C14H18FN. The van der Waals surface area contributed by atoms with E-state index in [0.717, 1.165) is 18.9 Å². The van der Waals surface area contributed by atoms with Gasteiger partial charge in [0, 0.05) is 5.54 Å². The number of rotatable bonds is 3. The summed E-state index contributed by atoms with van der Waals surface area (Å²) in [4.78, 5) is 0. The second-order valence-electron chi connectivity index (χ2n) is 5.26. The Hall–Kier alpha value is -0.890. The summed E-state index contributed by atoms with van der Waals surface area (Å²) in [5.41, 5.74) is 1.60. The summed E-state index contributed by atoms with van der Waals surface area (Å²) in [6.45, 7) is 1.15. The van der Waals surface area contributed by atoms with Gasteiger partial charge < -0.3 is 5.32 Å². The summed E-state index contributed by atoms with van der Waals surface area (Å²) in [5, 5.41) is 3.70. The van der Waals surface area contributed by atoms with Crippen LogP contribution in [0.4, 0.5) is 4.39 Å². The van der Waals surface area contributed by atoms with Crippen molar-refractivity contribution in [1.82, 2.24) is 5.32 Å². The maximum atomic E-state index is 12.9. The molecule has 0 unspecified atom stereocenters. The van der Waals surface area contributed by atoms with Gasteiger partial charge in [-0.25, -0.2) is 4.39 Å². The standard InChI is InChI=1S/C14H18FN/c15-13-6-2-11(3-7-13)10-14(12-4-5-12)8-1-9-16-14/h2-3,6-7,12,16H,1,4-5,8-10H2/t14-/m1/s1. The first-order valence-electron chi connectivity index (χ1n) is 6.28. The number of hydrogen-bond donors (Lipinski definition) is 1. The number of benzene rings is 1. The summed E-state index contributed by atoms with van der Waals surface area (Å²) in [6.07, 6.45) is 6.38. The van der Waals surface area contributed by atoms with Crippen LogP contribution in [0.25, 0.3) is 0 Å². The van der Waals surface area contributed by atoms with E-state index < -0.39 is 0 Å². The Kier molecular flexibility index (Phi) is 2.47. The Labute approximate surface area is 96.1 Å². The molecular weight excluding hydrogens is 201 g/mol. The minimum absolute atomic E-state index is 0.136. The van der Waals surface area contributed by atoms with Gasteiger partial charge in [0.1, 0.15) is 5.82 Å². The quantitative estimate of drug-likeness (QED) is 0.824. The Balaban J connectivity index is 1.78. The van der Waals surface area contributed by atoms with Crippen LogP contribution in [0.1, 0.15) is 31.2 Å². The van der Waals surface area contributed by atoms with Crippen LogP contribution in [-0.4, -0.2) is 12.1 Å². The van der Waals surface area contributed by atoms with Gasteiger partial charge in [0.2, 0.25) is 0 Å². The molecule has 1 saturated heterocycles. The van der Waals surface area contributed by atoms with Gasteiger partial charge >= 0.3 is 0 Å². The molecule has 1 aliphatic carbocycles. The molecule has 0 spiro atoms. The van der Waals surface area contributed by atoms with Gasteiger partial charge in [-0.2, -0.15) is 0 Å². The highest BCUT2D eigenvalue weighted by Gasteiger charge is 2.46. The highest BCUT2D eigenvalue weighted by Crippen LogP contribution is 2.45. The molecule has 1 saturated carbocycles. The van der Waals surface area contributed by atoms with Gasteiger partial charge in [-0.15, -0.1) is 0 Å². The van der Waals surface area contributed by atoms with E-state index in [2.05, 4.69) is 5.32 Å². The predicted octanol–water partition coefficient (Wildman–Crippen LogP) is 2.90. The first kappa shape index (κ1) is 10.3. The van der Waals surface area contributed by atoms with Gasteiger partial charge in [0.15, 0.2) is 0 Å². The third kappa shape index (κ3) is 1.86. The average molecular weight is 219 g/mol. The van der Waals surface area contributed by atoms with Gasteiger partial charge in [0.05, 0.1) is 0 Å². The van der Waals surface area contributed by atoms with Crippen molar-refractivity contribution >= 4 is 0 Å². The molecule has 2 heteroatoms. The summed E-state index contributed by atoms with van der Waals surface area (Å²) >= 11 is 0. The van der Waals surface area contributed by atoms with Crippen molar-refractivity contribution in [1.29, 1.82) is 0 Å². The number of hydrogen-bond acceptors (Lipinski definition) is 1. The highest BCUT2D eigenvalue weighted by molar-refractivity contribution is 5.21. The van der Waals surface area contributed by atoms with Gasteiger partial charge in [-0.1, -0.05) is 12.1 Å². The summed E-state index contributed by atoms with van der Waals surface area (Å²) in [6, 6.07) is 7.01. The molecule has 16 heavy (non-hydrogen) atoms. The van der Waals surface area contributed by atoms with Gasteiger partial charge in [0.25, 0.3) is 0 Å². The molecule has 0 amide bonds. The Morgan fingerprint density at radius 3 is 2.56 bits per heavy atom. The largest absolute Gasteiger partial charge is 0.311 e. The van der Waals surface area contributed by atoms with Crippen molar-refractivity contribution in [2.45, 2.75) is 37.6 Å². The van der Waals surface area contributed by atoms with E-state index in [1.165, 1.54) is 31.2 Å². The molecule has 2 aliphatic rings. The lowest BCUT2D eigenvalue weighted by Gasteiger charge is -2.30. The maximum absolute atomic E-state index is 12.9. The number of nitrogens with one attached hydrogen (secondary N) is 1. The van der Waals surface area contributed by atoms with Crippen LogP contribution in [0.3, 0.4) is 0 Å². The third-order valence-corrected chi connectivity index (χ3v) is 4.07. The van der Waals surface area contributed by atoms with E-state index in [4.69, 9.17) is 0 Å². The first-order valence-corrected chi connectivity index (χ1v) is 6.28. The van der Waals surface area contributed by atoms with Crippen LogP contribution in [0.5, 0.6) is 0 Å². The molecule has 0 bridgehead atoms. The predicted molar refractivity (Wildman–Crippen MR) is 62.8 cm³/mol. The molecule has 3 rings (SSSR count). The van der Waals surface area contributed by atoms with E-state index in [1.807, 2.05) is 12.1 Å². The fraction of sp³-hybridized carbons (Fsp3) is 0.571. The van der Waals surface area contributed by atoms with Crippen LogP contribution in [0.2, 0.25) is 0 Å². The van der Waals surface area contributed by atoms with E-state index >= 15 is 0 Å². The van der Waals surface area contributed by atoms with E-state index in [-0.39, 0.29) is 5.82 Å². The van der Waals surface area contributed by atoms with Crippen molar-refractivity contribution in [3.63, 3.8) is 0 Å². The van der Waals surface area contributed by atoms with Crippen LogP contribution in [0.15, 0.2) is 24.3 Å². The summed E-state index contributed by atoms with van der Waals surface area (Å²) in [7, 11) is 0. The molecule has 1 heterocycles. The SMILES string of the molecule is Fc1ccc(C[C@@]2(C3CC3)CCCN2)cc1. The average Bonchev–Trinajstić information content (AvgIpc) is 3.05. The number of halogens is 1. The summed E-state index contributed by atoms with van der Waals surface area (Å²) < 4.78 is 12.9. The monoisotopic (exact) mass is 219 g/mol. The lowest BCUT2D eigenvalue weighted by atomic mass is 9.84. The third-order valence-electron chi connectivity index (χ3n) is 4.07. The second kappa shape index (κ2) is 3.85. The lowest BCUT2D eigenvalue weighted by molar-refractivity contribution is 0.323. The Bertz CT molecular complexity index is 361. The van der Waals surface area contributed by atoms with Crippen molar-refractivity contribution in [3.05, 3.63) is 35.6 Å². The molecule has 0 radical (unpaired) electrons. The van der Waals surface area contributed by atoms with E-state index in [0.29, 0.717) is 5.54 Å². The fourth-order valence-electron chi connectivity index (χ4n) is 3.08. The van der Waals surface area contributed by atoms with E-state index in [9.17, 15) is 4.39 Å². The minimum Gasteiger partial charge on any atom is -0.311 e. The first-order chi connectivity index (χ1) is 7.78. The zero-order valence-corrected chi connectivity index (χ0v) is 9.51. The summed E-state index contributed by atoms with van der Waals surface area (Å²) in [5.74, 6) is 0.726. The van der Waals surface area contributed by atoms with E-state index in [1.54, 1.807) is 12.1 Å². The zero-order chi connectivity index (χ0) is 11.0. The topological polar surface area (TPSA) is 12.0 Å². The molecule has 1 aromatic carbocycles. The Morgan fingerprint density at radius 1 is 1.25 bits per heavy atom. The highest BCUT2D eigenvalue weighted by atomic mass is 19.1. The maximum Gasteiger partial charge on any atom is 0.123 e. The van der Waals surface area contributed by atoms with Crippen LogP contribution < -0.4 is 5.32 Å². The van der Waals surface area contributed by atoms with Crippen molar-refractivity contribution in [2.24, 2.45) is 5.92 Å². The molecule has 1 nitrogen and oxygen atoms in total. The zero-order valence-electron chi connectivity index (χ0n) is 9.51. The van der Waals surface area contributed by atoms with Crippen LogP contribution in [-0.2, 0) is 6.42 Å². The van der Waals surface area contributed by atoms with Gasteiger partial charge in [-0.3, -0.25) is 0 Å². The minimum atomic E-state index is -0.136.